The lowest BCUT2D eigenvalue weighted by molar-refractivity contribution is -0.138. The van der Waals surface area contributed by atoms with Crippen molar-refractivity contribution in [1.82, 2.24) is 0 Å². The Balaban J connectivity index is 0.000000791. The molecule has 0 bridgehead atoms. The predicted octanol–water partition coefficient (Wildman–Crippen LogP) is 3.54. The van der Waals surface area contributed by atoms with Gasteiger partial charge in [0.25, 0.3) is 0 Å². The molecule has 0 heterocycles. The van der Waals surface area contributed by atoms with E-state index in [9.17, 15) is 13.2 Å². The van der Waals surface area contributed by atoms with Gasteiger partial charge in [0.1, 0.15) is 0 Å². The molecule has 0 aromatic heterocycles. The van der Waals surface area contributed by atoms with Crippen LogP contribution in [-0.2, 0) is 6.18 Å². The molecule has 0 N–H and O–H groups in total. The Morgan fingerprint density at radius 3 is 2.00 bits per heavy atom. The van der Waals surface area contributed by atoms with E-state index in [0.29, 0.717) is 5.30 Å². The largest absolute Gasteiger partial charge is 0.416 e. The summed E-state index contributed by atoms with van der Waals surface area (Å²) in [6.07, 6.45) is -4.24. The zero-order valence-electron chi connectivity index (χ0n) is 8.44. The zero-order chi connectivity index (χ0) is 11.4. The van der Waals surface area contributed by atoms with Gasteiger partial charge in [-0.05, 0) is 23.9 Å². The van der Waals surface area contributed by atoms with Gasteiger partial charge >= 0.3 is 6.18 Å². The van der Waals surface area contributed by atoms with Crippen LogP contribution in [0.3, 0.4) is 0 Å². The van der Waals surface area contributed by atoms with Crippen molar-refractivity contribution in [3.05, 3.63) is 29.3 Å². The fraction of sp³-hybridized carbons (Fsp3) is 0.400. The number of alkyl halides is 3. The van der Waals surface area contributed by atoms with E-state index in [-0.39, 0.29) is 5.56 Å². The van der Waals surface area contributed by atoms with Crippen molar-refractivity contribution in [2.75, 3.05) is 0 Å². The molecule has 0 aliphatic carbocycles. The molecule has 0 amide bonds. The third-order valence-corrected chi connectivity index (χ3v) is 1.93. The summed E-state index contributed by atoms with van der Waals surface area (Å²) in [5, 5.41) is 0.549. The molecule has 1 aromatic carbocycles. The number of rotatable bonds is 0. The fourth-order valence-corrected chi connectivity index (χ4v) is 1.21. The van der Waals surface area contributed by atoms with Crippen molar-refractivity contribution < 1.29 is 13.2 Å². The average Bonchev–Trinajstić information content (AvgIpc) is 2.11. The van der Waals surface area contributed by atoms with Crippen LogP contribution in [0.15, 0.2) is 18.2 Å². The van der Waals surface area contributed by atoms with Crippen LogP contribution in [0.4, 0.5) is 13.2 Å². The molecule has 0 saturated heterocycles. The van der Waals surface area contributed by atoms with Crippen LogP contribution >= 0.6 is 9.24 Å². The first-order valence-electron chi connectivity index (χ1n) is 4.34. The quantitative estimate of drug-likeness (QED) is 0.589. The van der Waals surface area contributed by atoms with Crippen LogP contribution in [-0.4, -0.2) is 0 Å². The Morgan fingerprint density at radius 1 is 1.14 bits per heavy atom. The van der Waals surface area contributed by atoms with E-state index in [0.717, 1.165) is 6.07 Å². The van der Waals surface area contributed by atoms with E-state index in [4.69, 9.17) is 0 Å². The van der Waals surface area contributed by atoms with E-state index in [1.807, 2.05) is 13.8 Å². The monoisotopic (exact) mass is 222 g/mol. The maximum Gasteiger partial charge on any atom is 0.416 e. The molecular weight excluding hydrogens is 208 g/mol. The maximum atomic E-state index is 12.2. The Morgan fingerprint density at radius 2 is 1.64 bits per heavy atom. The summed E-state index contributed by atoms with van der Waals surface area (Å²) in [6.45, 7) is 5.45. The van der Waals surface area contributed by atoms with Crippen LogP contribution in [0.5, 0.6) is 0 Å². The number of benzene rings is 1. The molecular formula is C10H14F3P. The molecule has 0 nitrogen and oxygen atoms in total. The van der Waals surface area contributed by atoms with Gasteiger partial charge in [-0.25, -0.2) is 0 Å². The molecule has 1 unspecified atom stereocenters. The van der Waals surface area contributed by atoms with Gasteiger partial charge in [-0.1, -0.05) is 26.0 Å². The van der Waals surface area contributed by atoms with Gasteiger partial charge in [0, 0.05) is 0 Å². The Kier molecular flexibility index (Phi) is 5.14. The van der Waals surface area contributed by atoms with Gasteiger partial charge in [-0.15, -0.1) is 9.24 Å². The summed E-state index contributed by atoms with van der Waals surface area (Å²) in [4.78, 5) is 0. The second-order valence-corrected chi connectivity index (χ2v) is 3.24. The molecule has 0 aliphatic rings. The molecule has 1 atom stereocenters. The van der Waals surface area contributed by atoms with Gasteiger partial charge in [-0.3, -0.25) is 0 Å². The van der Waals surface area contributed by atoms with Gasteiger partial charge in [0.15, 0.2) is 0 Å². The highest BCUT2D eigenvalue weighted by Crippen LogP contribution is 2.31. The molecule has 14 heavy (non-hydrogen) atoms. The lowest BCUT2D eigenvalue weighted by atomic mass is 10.1. The predicted molar refractivity (Wildman–Crippen MR) is 56.9 cm³/mol. The van der Waals surface area contributed by atoms with Gasteiger partial charge in [0.2, 0.25) is 0 Å². The van der Waals surface area contributed by atoms with Crippen LogP contribution in [0.2, 0.25) is 0 Å². The fourth-order valence-electron chi connectivity index (χ4n) is 0.945. The summed E-state index contributed by atoms with van der Waals surface area (Å²) in [7, 11) is 2.24. The van der Waals surface area contributed by atoms with Crippen molar-refractivity contribution >= 4 is 14.5 Å². The molecule has 80 valence electrons. The highest BCUT2D eigenvalue weighted by Gasteiger charge is 2.32. The van der Waals surface area contributed by atoms with Crippen LogP contribution in [0, 0.1) is 6.92 Å². The number of hydrogen-bond donors (Lipinski definition) is 0. The zero-order valence-corrected chi connectivity index (χ0v) is 9.60. The summed E-state index contributed by atoms with van der Waals surface area (Å²) >= 11 is 0. The van der Waals surface area contributed by atoms with Gasteiger partial charge in [-0.2, -0.15) is 13.2 Å². The van der Waals surface area contributed by atoms with E-state index < -0.39 is 11.7 Å². The molecule has 1 rings (SSSR count). The average molecular weight is 222 g/mol. The Bertz CT molecular complexity index is 292. The third-order valence-electron chi connectivity index (χ3n) is 1.57. The minimum Gasteiger partial charge on any atom is -0.166 e. The topological polar surface area (TPSA) is 0 Å². The first-order chi connectivity index (χ1) is 6.41. The number of halogens is 3. The second-order valence-electron chi connectivity index (χ2n) is 2.57. The van der Waals surface area contributed by atoms with E-state index >= 15 is 0 Å². The summed E-state index contributed by atoms with van der Waals surface area (Å²) in [5.74, 6) is 0. The molecule has 0 fully saturated rings. The highest BCUT2D eigenvalue weighted by molar-refractivity contribution is 7.27. The lowest BCUT2D eigenvalue weighted by Gasteiger charge is -2.10. The minimum atomic E-state index is -4.24. The van der Waals surface area contributed by atoms with E-state index in [1.165, 1.54) is 13.0 Å². The van der Waals surface area contributed by atoms with Crippen molar-refractivity contribution in [1.29, 1.82) is 0 Å². The molecule has 0 saturated carbocycles. The standard InChI is InChI=1S/C8H8F3P.C2H6/c1-5-2-3-6(12)4-7(5)8(9,10)11;1-2/h2-4H,12H2,1H3;1-2H3. The SMILES string of the molecule is CC.Cc1ccc(P)cc1C(F)(F)F. The maximum absolute atomic E-state index is 12.2. The summed E-state index contributed by atoms with van der Waals surface area (Å²) in [6, 6.07) is 4.22. The van der Waals surface area contributed by atoms with Gasteiger partial charge < -0.3 is 0 Å². The molecule has 1 aromatic rings. The Hall–Kier alpha value is -0.560. The number of hydrogen-bond acceptors (Lipinski definition) is 0. The molecule has 0 spiro atoms. The third kappa shape index (κ3) is 3.67. The lowest BCUT2D eigenvalue weighted by Crippen LogP contribution is -2.10. The first kappa shape index (κ1) is 13.4. The van der Waals surface area contributed by atoms with Crippen molar-refractivity contribution in [3.63, 3.8) is 0 Å². The van der Waals surface area contributed by atoms with Crippen LogP contribution in [0.1, 0.15) is 25.0 Å². The molecule has 0 aliphatic heterocycles. The molecule has 0 radical (unpaired) electrons. The van der Waals surface area contributed by atoms with Gasteiger partial charge in [0.05, 0.1) is 5.56 Å². The normalized spacial score (nSPS) is 10.5. The first-order valence-corrected chi connectivity index (χ1v) is 4.92. The second kappa shape index (κ2) is 5.35. The van der Waals surface area contributed by atoms with Crippen LogP contribution in [0.25, 0.3) is 0 Å². The van der Waals surface area contributed by atoms with Crippen molar-refractivity contribution in [2.45, 2.75) is 26.9 Å². The van der Waals surface area contributed by atoms with E-state index in [2.05, 4.69) is 9.24 Å². The van der Waals surface area contributed by atoms with E-state index in [1.54, 1.807) is 6.07 Å². The molecule has 4 heteroatoms. The Labute approximate surface area is 84.7 Å². The summed E-state index contributed by atoms with van der Waals surface area (Å²) < 4.78 is 36.7. The number of aryl methyl sites for hydroxylation is 1. The smallest absolute Gasteiger partial charge is 0.166 e. The highest BCUT2D eigenvalue weighted by atomic mass is 31.0. The van der Waals surface area contributed by atoms with Crippen LogP contribution < -0.4 is 5.30 Å². The van der Waals surface area contributed by atoms with Crippen molar-refractivity contribution in [3.8, 4) is 0 Å². The summed E-state index contributed by atoms with van der Waals surface area (Å²) in [5.41, 5.74) is -0.302. The minimum absolute atomic E-state index is 0.258. The van der Waals surface area contributed by atoms with Crippen molar-refractivity contribution in [2.24, 2.45) is 0 Å².